The predicted molar refractivity (Wildman–Crippen MR) is 161 cm³/mol. The summed E-state index contributed by atoms with van der Waals surface area (Å²) < 4.78 is 128. The first-order chi connectivity index (χ1) is 22.4. The second-order valence-electron chi connectivity index (χ2n) is 10.9. The van der Waals surface area contributed by atoms with Gasteiger partial charge in [0.25, 0.3) is 0 Å². The van der Waals surface area contributed by atoms with Gasteiger partial charge in [0, 0.05) is 6.07 Å². The van der Waals surface area contributed by atoms with Crippen LogP contribution in [0.1, 0.15) is 76.7 Å². The second kappa shape index (κ2) is 18.7. The molecule has 6 nitrogen and oxygen atoms in total. The largest absolute Gasteiger partial charge is 0.513 e. The van der Waals surface area contributed by atoms with Crippen LogP contribution in [0.5, 0.6) is 11.5 Å². The molecule has 0 saturated carbocycles. The summed E-state index contributed by atoms with van der Waals surface area (Å²) in [4.78, 5) is 13.2. The van der Waals surface area contributed by atoms with Crippen LogP contribution in [0.4, 0.5) is 30.7 Å². The van der Waals surface area contributed by atoms with E-state index in [0.717, 1.165) is 44.2 Å². The van der Waals surface area contributed by atoms with Gasteiger partial charge in [0.15, 0.2) is 0 Å². The lowest BCUT2D eigenvalue weighted by Crippen LogP contribution is -2.40. The average Bonchev–Trinajstić information content (AvgIpc) is 3.03. The van der Waals surface area contributed by atoms with Crippen molar-refractivity contribution in [2.45, 2.75) is 83.6 Å². The van der Waals surface area contributed by atoms with Crippen molar-refractivity contribution in [1.29, 1.82) is 0 Å². The fraction of sp³-hybridized carbons (Fsp3) is 0.424. The lowest BCUT2D eigenvalue weighted by Gasteiger charge is -2.25. The highest BCUT2D eigenvalue weighted by molar-refractivity contribution is 7.52. The van der Waals surface area contributed by atoms with E-state index >= 15 is 0 Å². The summed E-state index contributed by atoms with van der Waals surface area (Å²) >= 11 is 0. The minimum atomic E-state index is -5.28. The fourth-order valence-corrected chi connectivity index (χ4v) is 6.20. The van der Waals surface area contributed by atoms with Gasteiger partial charge in [-0.2, -0.15) is 13.9 Å². The van der Waals surface area contributed by atoms with Gasteiger partial charge in [-0.3, -0.25) is 4.79 Å². The van der Waals surface area contributed by atoms with Crippen molar-refractivity contribution >= 4 is 13.7 Å². The van der Waals surface area contributed by atoms with Crippen molar-refractivity contribution in [3.8, 4) is 11.5 Å². The van der Waals surface area contributed by atoms with E-state index in [9.17, 15) is 40.1 Å². The van der Waals surface area contributed by atoms with Gasteiger partial charge < -0.3 is 13.8 Å². The number of halogens is 7. The van der Waals surface area contributed by atoms with E-state index in [-0.39, 0.29) is 17.9 Å². The molecule has 2 atom stereocenters. The number of esters is 1. The summed E-state index contributed by atoms with van der Waals surface area (Å²) in [6.45, 7) is 2.06. The van der Waals surface area contributed by atoms with Gasteiger partial charge in [0.05, 0.1) is 6.61 Å². The Labute approximate surface area is 269 Å². The highest BCUT2D eigenvalue weighted by atomic mass is 31.2. The molecule has 0 aromatic heterocycles. The minimum Gasteiger partial charge on any atom is -0.465 e. The Bertz CT molecular complexity index is 1460. The second-order valence-corrected chi connectivity index (χ2v) is 12.5. The van der Waals surface area contributed by atoms with Gasteiger partial charge in [0.1, 0.15) is 23.4 Å². The van der Waals surface area contributed by atoms with Gasteiger partial charge in [-0.25, -0.2) is 26.5 Å². The Morgan fingerprint density at radius 3 is 1.77 bits per heavy atom. The molecule has 0 aliphatic carbocycles. The number of hydrogen-bond donors (Lipinski definition) is 1. The first-order valence-corrected chi connectivity index (χ1v) is 16.9. The van der Waals surface area contributed by atoms with Crippen LogP contribution in [0.2, 0.25) is 0 Å². The highest BCUT2D eigenvalue weighted by Crippen LogP contribution is 2.48. The van der Waals surface area contributed by atoms with Crippen LogP contribution >= 0.6 is 7.75 Å². The number of nitrogens with one attached hydrogen (secondary N) is 1. The molecule has 0 aliphatic rings. The van der Waals surface area contributed by atoms with Gasteiger partial charge in [-0.05, 0) is 42.7 Å². The van der Waals surface area contributed by atoms with Gasteiger partial charge in [-0.1, -0.05) is 82.9 Å². The summed E-state index contributed by atoms with van der Waals surface area (Å²) in [5.74, 6) is -17.5. The van der Waals surface area contributed by atoms with Crippen molar-refractivity contribution in [3.63, 3.8) is 0 Å². The molecule has 0 spiro atoms. The maximum atomic E-state index is 14.6. The topological polar surface area (TPSA) is 73.9 Å². The Balaban J connectivity index is 1.80. The number of rotatable bonds is 20. The minimum absolute atomic E-state index is 0.0899. The molecule has 0 amide bonds. The fourth-order valence-electron chi connectivity index (χ4n) is 4.68. The predicted octanol–water partition coefficient (Wildman–Crippen LogP) is 9.89. The zero-order valence-corrected chi connectivity index (χ0v) is 26.7. The number of hydrogen-bond acceptors (Lipinski definition) is 5. The van der Waals surface area contributed by atoms with E-state index < -0.39 is 72.6 Å². The van der Waals surface area contributed by atoms with Crippen molar-refractivity contribution in [2.24, 2.45) is 0 Å². The standard InChI is InChI=1S/C33H37F7NO5P/c1-2-3-4-5-6-7-8-9-10-14-17-44-33(42)26(20-22-18-23(34)21-24(35)19-22)41-47(43,45-25-15-12-11-13-16-25)46-32-30(39)28(37)27(36)29(38)31(32)40/h11-13,15-16,18-19,21,26H,2-10,14,17,20H2,1H3,(H,41,43)/t26-,47-/m0/s1. The molecule has 3 aromatic carbocycles. The van der Waals surface area contributed by atoms with E-state index in [1.54, 1.807) is 0 Å². The molecule has 0 radical (unpaired) electrons. The summed E-state index contributed by atoms with van der Waals surface area (Å²) in [6.07, 6.45) is 9.48. The SMILES string of the molecule is CCCCCCCCCCCCOC(=O)[C@H](Cc1cc(F)cc(F)c1)N[P@](=O)(Oc1ccccc1)Oc1c(F)c(F)c(F)c(F)c1F. The maximum absolute atomic E-state index is 14.6. The zero-order valence-electron chi connectivity index (χ0n) is 25.8. The van der Waals surface area contributed by atoms with Gasteiger partial charge >= 0.3 is 13.7 Å². The average molecular weight is 692 g/mol. The van der Waals surface area contributed by atoms with Gasteiger partial charge in [0.2, 0.25) is 34.8 Å². The highest BCUT2D eigenvalue weighted by Gasteiger charge is 2.39. The number of benzene rings is 3. The van der Waals surface area contributed by atoms with Crippen LogP contribution in [0, 0.1) is 40.7 Å². The molecule has 0 fully saturated rings. The summed E-state index contributed by atoms with van der Waals surface area (Å²) in [5.41, 5.74) is -0.127. The monoisotopic (exact) mass is 691 g/mol. The molecular weight excluding hydrogens is 654 g/mol. The molecule has 47 heavy (non-hydrogen) atoms. The van der Waals surface area contributed by atoms with Crippen molar-refractivity contribution in [2.75, 3.05) is 6.61 Å². The maximum Gasteiger partial charge on any atom is 0.513 e. The number of ether oxygens (including phenoxy) is 1. The normalized spacial score (nSPS) is 13.2. The molecule has 0 aliphatic heterocycles. The summed E-state index contributed by atoms with van der Waals surface area (Å²) in [5, 5.41) is 2.13. The molecular formula is C33H37F7NO5P. The van der Waals surface area contributed by atoms with Crippen LogP contribution < -0.4 is 14.1 Å². The Morgan fingerprint density at radius 2 is 1.21 bits per heavy atom. The van der Waals surface area contributed by atoms with Crippen molar-refractivity contribution in [3.05, 3.63) is 94.8 Å². The smallest absolute Gasteiger partial charge is 0.465 e. The molecule has 258 valence electrons. The van der Waals surface area contributed by atoms with E-state index in [1.165, 1.54) is 56.0 Å². The number of carbonyl (C=O) groups excluding carboxylic acids is 1. The molecule has 14 heteroatoms. The number of para-hydroxylation sites is 1. The molecule has 0 heterocycles. The molecule has 0 unspecified atom stereocenters. The first kappa shape index (κ1) is 37.9. The van der Waals surface area contributed by atoms with Crippen LogP contribution in [-0.4, -0.2) is 18.6 Å². The molecule has 0 saturated heterocycles. The van der Waals surface area contributed by atoms with E-state index in [1.807, 2.05) is 0 Å². The third kappa shape index (κ3) is 11.9. The molecule has 0 bridgehead atoms. The van der Waals surface area contributed by atoms with Crippen LogP contribution in [-0.2, 0) is 20.5 Å². The van der Waals surface area contributed by atoms with E-state index in [2.05, 4.69) is 12.0 Å². The molecule has 1 N–H and O–H groups in total. The number of unbranched alkanes of at least 4 members (excludes halogenated alkanes) is 9. The Hall–Kier alpha value is -3.57. The lowest BCUT2D eigenvalue weighted by molar-refractivity contribution is -0.145. The molecule has 3 aromatic rings. The van der Waals surface area contributed by atoms with E-state index in [0.29, 0.717) is 12.5 Å². The van der Waals surface area contributed by atoms with Gasteiger partial charge in [-0.15, -0.1) is 0 Å². The van der Waals surface area contributed by atoms with Crippen LogP contribution in [0.15, 0.2) is 48.5 Å². The zero-order chi connectivity index (χ0) is 34.4. The Kier molecular flexibility index (Phi) is 15.1. The quantitative estimate of drug-likeness (QED) is 0.0318. The Morgan fingerprint density at radius 1 is 0.702 bits per heavy atom. The third-order valence-corrected chi connectivity index (χ3v) is 8.55. The summed E-state index contributed by atoms with van der Waals surface area (Å²) in [7, 11) is -5.28. The van der Waals surface area contributed by atoms with E-state index in [4.69, 9.17) is 13.8 Å². The van der Waals surface area contributed by atoms with Crippen LogP contribution in [0.25, 0.3) is 0 Å². The molecule has 3 rings (SSSR count). The number of carbonyl (C=O) groups is 1. The van der Waals surface area contributed by atoms with Crippen molar-refractivity contribution < 1.29 is 53.9 Å². The van der Waals surface area contributed by atoms with Crippen molar-refractivity contribution in [1.82, 2.24) is 5.09 Å². The lowest BCUT2D eigenvalue weighted by atomic mass is 10.1. The first-order valence-electron chi connectivity index (χ1n) is 15.4. The summed E-state index contributed by atoms with van der Waals surface area (Å²) in [6, 6.07) is 7.34. The van der Waals surface area contributed by atoms with Crippen LogP contribution in [0.3, 0.4) is 0 Å². The third-order valence-electron chi connectivity index (χ3n) is 7.05.